The molecule has 0 fully saturated rings. The second kappa shape index (κ2) is 7.28. The molecule has 0 spiro atoms. The number of carbonyl (C=O) groups excluding carboxylic acids is 1. The van der Waals surface area contributed by atoms with Gasteiger partial charge in [-0.05, 0) is 30.6 Å². The number of nitrogens with zero attached hydrogens (tertiary/aromatic N) is 1. The van der Waals surface area contributed by atoms with Crippen molar-refractivity contribution in [2.45, 2.75) is 19.9 Å². The van der Waals surface area contributed by atoms with Gasteiger partial charge in [-0.3, -0.25) is 9.78 Å². The Balaban J connectivity index is 2.29. The molecule has 0 aromatic carbocycles. The molecule has 88 valence electrons. The van der Waals surface area contributed by atoms with Gasteiger partial charge in [0, 0.05) is 12.1 Å². The van der Waals surface area contributed by atoms with Gasteiger partial charge in [0.15, 0.2) is 0 Å². The van der Waals surface area contributed by atoms with Crippen LogP contribution in [0.5, 0.6) is 0 Å². The Kier molecular flexibility index (Phi) is 5.93. The van der Waals surface area contributed by atoms with Gasteiger partial charge in [-0.15, -0.1) is 0 Å². The topological polar surface area (TPSA) is 42.0 Å². The van der Waals surface area contributed by atoms with Gasteiger partial charge in [-0.2, -0.15) is 11.8 Å². The molecule has 1 rings (SSSR count). The fourth-order valence-electron chi connectivity index (χ4n) is 1.28. The molecule has 0 bridgehead atoms. The standard InChI is InChI=1S/C12H18N2OS/c1-10(6-8-16-2)12(15)14-9-11-5-3-4-7-13-11/h3-5,7,10H,6,8-9H2,1-2H3,(H,14,15). The van der Waals surface area contributed by atoms with Crippen molar-refractivity contribution < 1.29 is 4.79 Å². The molecule has 1 aromatic heterocycles. The first kappa shape index (κ1) is 13.0. The van der Waals surface area contributed by atoms with Crippen LogP contribution in [0.3, 0.4) is 0 Å². The molecule has 1 aromatic rings. The highest BCUT2D eigenvalue weighted by Gasteiger charge is 2.11. The highest BCUT2D eigenvalue weighted by molar-refractivity contribution is 7.98. The van der Waals surface area contributed by atoms with Crippen LogP contribution in [0.1, 0.15) is 19.0 Å². The molecule has 1 N–H and O–H groups in total. The minimum absolute atomic E-state index is 0.0798. The van der Waals surface area contributed by atoms with Gasteiger partial charge in [0.25, 0.3) is 0 Å². The van der Waals surface area contributed by atoms with E-state index in [2.05, 4.69) is 16.6 Å². The van der Waals surface area contributed by atoms with E-state index in [0.29, 0.717) is 6.54 Å². The third-order valence-electron chi connectivity index (χ3n) is 2.37. The van der Waals surface area contributed by atoms with Crippen LogP contribution in [-0.4, -0.2) is 22.9 Å². The van der Waals surface area contributed by atoms with Crippen LogP contribution in [0.25, 0.3) is 0 Å². The molecule has 1 amide bonds. The van der Waals surface area contributed by atoms with Crippen molar-refractivity contribution in [1.29, 1.82) is 0 Å². The Morgan fingerprint density at radius 3 is 3.00 bits per heavy atom. The number of carbonyl (C=O) groups is 1. The molecule has 1 atom stereocenters. The lowest BCUT2D eigenvalue weighted by Crippen LogP contribution is -2.29. The molecule has 4 heteroatoms. The van der Waals surface area contributed by atoms with Crippen LogP contribution in [0.4, 0.5) is 0 Å². The number of rotatable bonds is 6. The number of nitrogens with one attached hydrogen (secondary N) is 1. The monoisotopic (exact) mass is 238 g/mol. The van der Waals surface area contributed by atoms with Crippen molar-refractivity contribution in [3.8, 4) is 0 Å². The van der Waals surface area contributed by atoms with Crippen LogP contribution < -0.4 is 5.32 Å². The van der Waals surface area contributed by atoms with Crippen LogP contribution in [-0.2, 0) is 11.3 Å². The first-order valence-electron chi connectivity index (χ1n) is 5.40. The molecule has 0 radical (unpaired) electrons. The summed E-state index contributed by atoms with van der Waals surface area (Å²) in [5.41, 5.74) is 0.896. The molecule has 0 aliphatic rings. The quantitative estimate of drug-likeness (QED) is 0.825. The maximum Gasteiger partial charge on any atom is 0.223 e. The molecular formula is C12H18N2OS. The van der Waals surface area contributed by atoms with Gasteiger partial charge in [0.05, 0.1) is 12.2 Å². The van der Waals surface area contributed by atoms with Crippen molar-refractivity contribution in [1.82, 2.24) is 10.3 Å². The average molecular weight is 238 g/mol. The second-order valence-corrected chi connectivity index (χ2v) is 4.71. The second-order valence-electron chi connectivity index (χ2n) is 3.72. The summed E-state index contributed by atoms with van der Waals surface area (Å²) in [4.78, 5) is 15.8. The van der Waals surface area contributed by atoms with Crippen LogP contribution in [0.15, 0.2) is 24.4 Å². The lowest BCUT2D eigenvalue weighted by molar-refractivity contribution is -0.124. The minimum atomic E-state index is 0.0798. The maximum absolute atomic E-state index is 11.7. The summed E-state index contributed by atoms with van der Waals surface area (Å²) in [5, 5.41) is 2.90. The van der Waals surface area contributed by atoms with E-state index in [9.17, 15) is 4.79 Å². The molecule has 1 heterocycles. The minimum Gasteiger partial charge on any atom is -0.350 e. The zero-order valence-corrected chi connectivity index (χ0v) is 10.6. The lowest BCUT2D eigenvalue weighted by Gasteiger charge is -2.10. The number of amides is 1. The highest BCUT2D eigenvalue weighted by Crippen LogP contribution is 2.07. The molecule has 0 aliphatic heterocycles. The van der Waals surface area contributed by atoms with E-state index in [1.54, 1.807) is 18.0 Å². The van der Waals surface area contributed by atoms with Crippen molar-refractivity contribution >= 4 is 17.7 Å². The lowest BCUT2D eigenvalue weighted by atomic mass is 10.1. The van der Waals surface area contributed by atoms with Crippen LogP contribution in [0, 0.1) is 5.92 Å². The van der Waals surface area contributed by atoms with Crippen LogP contribution in [0.2, 0.25) is 0 Å². The Morgan fingerprint density at radius 1 is 1.56 bits per heavy atom. The molecule has 16 heavy (non-hydrogen) atoms. The van der Waals surface area contributed by atoms with Crippen molar-refractivity contribution in [2.24, 2.45) is 5.92 Å². The predicted octanol–water partition coefficient (Wildman–Crippen LogP) is 2.09. The zero-order chi connectivity index (χ0) is 11.8. The van der Waals surface area contributed by atoms with Gasteiger partial charge in [-0.1, -0.05) is 13.0 Å². The Labute approximate surface area is 101 Å². The highest BCUT2D eigenvalue weighted by atomic mass is 32.2. The fraction of sp³-hybridized carbons (Fsp3) is 0.500. The van der Waals surface area contributed by atoms with E-state index >= 15 is 0 Å². The summed E-state index contributed by atoms with van der Waals surface area (Å²) in [6, 6.07) is 5.70. The number of hydrogen-bond acceptors (Lipinski definition) is 3. The smallest absolute Gasteiger partial charge is 0.223 e. The molecule has 0 saturated carbocycles. The Morgan fingerprint density at radius 2 is 2.38 bits per heavy atom. The first-order valence-corrected chi connectivity index (χ1v) is 6.80. The third-order valence-corrected chi connectivity index (χ3v) is 3.02. The number of aromatic nitrogens is 1. The van der Waals surface area contributed by atoms with Gasteiger partial charge in [0.2, 0.25) is 5.91 Å². The maximum atomic E-state index is 11.7. The summed E-state index contributed by atoms with van der Waals surface area (Å²) in [6.07, 6.45) is 4.71. The number of pyridine rings is 1. The summed E-state index contributed by atoms with van der Waals surface area (Å²) in [7, 11) is 0. The van der Waals surface area contributed by atoms with Gasteiger partial charge >= 0.3 is 0 Å². The number of hydrogen-bond donors (Lipinski definition) is 1. The predicted molar refractivity (Wildman–Crippen MR) is 68.2 cm³/mol. The van der Waals surface area contributed by atoms with Crippen molar-refractivity contribution in [3.63, 3.8) is 0 Å². The summed E-state index contributed by atoms with van der Waals surface area (Å²) < 4.78 is 0. The van der Waals surface area contributed by atoms with Crippen molar-refractivity contribution in [3.05, 3.63) is 30.1 Å². The van der Waals surface area contributed by atoms with Gasteiger partial charge in [0.1, 0.15) is 0 Å². The van der Waals surface area contributed by atoms with Crippen molar-refractivity contribution in [2.75, 3.05) is 12.0 Å². The molecular weight excluding hydrogens is 220 g/mol. The van der Waals surface area contributed by atoms with E-state index in [-0.39, 0.29) is 11.8 Å². The first-order chi connectivity index (χ1) is 7.74. The van der Waals surface area contributed by atoms with E-state index in [4.69, 9.17) is 0 Å². The molecule has 1 unspecified atom stereocenters. The fourth-order valence-corrected chi connectivity index (χ4v) is 1.87. The Bertz CT molecular complexity index is 316. The molecule has 3 nitrogen and oxygen atoms in total. The van der Waals surface area contributed by atoms with Gasteiger partial charge < -0.3 is 5.32 Å². The normalized spacial score (nSPS) is 12.1. The summed E-state index contributed by atoms with van der Waals surface area (Å²) >= 11 is 1.77. The van der Waals surface area contributed by atoms with E-state index in [0.717, 1.165) is 17.9 Å². The number of thioether (sulfide) groups is 1. The average Bonchev–Trinajstić information content (AvgIpc) is 2.34. The largest absolute Gasteiger partial charge is 0.350 e. The molecule has 0 aliphatic carbocycles. The molecule has 0 saturated heterocycles. The zero-order valence-electron chi connectivity index (χ0n) is 9.77. The van der Waals surface area contributed by atoms with Gasteiger partial charge in [-0.25, -0.2) is 0 Å². The SMILES string of the molecule is CSCCC(C)C(=O)NCc1ccccn1. The van der Waals surface area contributed by atoms with E-state index in [1.165, 1.54) is 0 Å². The Hall–Kier alpha value is -1.03. The summed E-state index contributed by atoms with van der Waals surface area (Å²) in [5.74, 6) is 1.22. The van der Waals surface area contributed by atoms with Crippen LogP contribution >= 0.6 is 11.8 Å². The van der Waals surface area contributed by atoms with E-state index < -0.39 is 0 Å². The third kappa shape index (κ3) is 4.66. The summed E-state index contributed by atoms with van der Waals surface area (Å²) in [6.45, 7) is 2.48. The van der Waals surface area contributed by atoms with E-state index in [1.807, 2.05) is 25.1 Å².